The molecule has 2 N–H and O–H groups in total. The Kier molecular flexibility index (Phi) is 7.97. The first-order valence-electron chi connectivity index (χ1n) is 8.84. The highest BCUT2D eigenvalue weighted by atomic mass is 16.5. The fourth-order valence-electron chi connectivity index (χ4n) is 2.81. The van der Waals surface area contributed by atoms with Crippen molar-refractivity contribution < 1.29 is 4.74 Å². The van der Waals surface area contributed by atoms with Crippen LogP contribution in [0.4, 0.5) is 0 Å². The quantitative estimate of drug-likeness (QED) is 0.512. The third-order valence-corrected chi connectivity index (χ3v) is 4.17. The van der Waals surface area contributed by atoms with Crippen molar-refractivity contribution in [1.29, 1.82) is 0 Å². The second kappa shape index (κ2) is 10.2. The minimum atomic E-state index is 0.561. The molecular formula is C16H31N7O. The fraction of sp³-hybridized carbons (Fsp3) is 0.812. The summed E-state index contributed by atoms with van der Waals surface area (Å²) >= 11 is 0. The number of aromatic nitrogens is 3. The Hall–Kier alpha value is -1.67. The number of morpholine rings is 1. The van der Waals surface area contributed by atoms with Crippen molar-refractivity contribution in [2.24, 2.45) is 10.9 Å². The van der Waals surface area contributed by atoms with E-state index in [-0.39, 0.29) is 0 Å². The Morgan fingerprint density at radius 1 is 1.38 bits per heavy atom. The maximum absolute atomic E-state index is 5.39. The topological polar surface area (TPSA) is 79.6 Å². The number of nitrogens with one attached hydrogen (secondary N) is 2. The number of ether oxygens (including phenoxy) is 1. The van der Waals surface area contributed by atoms with E-state index < -0.39 is 0 Å². The van der Waals surface area contributed by atoms with Gasteiger partial charge >= 0.3 is 0 Å². The smallest absolute Gasteiger partial charge is 0.191 e. The van der Waals surface area contributed by atoms with E-state index in [9.17, 15) is 0 Å². The van der Waals surface area contributed by atoms with Gasteiger partial charge < -0.3 is 19.9 Å². The fourth-order valence-corrected chi connectivity index (χ4v) is 2.81. The zero-order valence-electron chi connectivity index (χ0n) is 15.2. The van der Waals surface area contributed by atoms with Crippen molar-refractivity contribution in [1.82, 2.24) is 30.3 Å². The molecule has 1 fully saturated rings. The van der Waals surface area contributed by atoms with Gasteiger partial charge in [0.05, 0.1) is 13.2 Å². The summed E-state index contributed by atoms with van der Waals surface area (Å²) < 4.78 is 7.46. The van der Waals surface area contributed by atoms with Crippen LogP contribution in [0.3, 0.4) is 0 Å². The maximum Gasteiger partial charge on any atom is 0.191 e. The molecule has 8 nitrogen and oxygen atoms in total. The van der Waals surface area contributed by atoms with Gasteiger partial charge in [0.25, 0.3) is 0 Å². The van der Waals surface area contributed by atoms with Gasteiger partial charge in [0.15, 0.2) is 5.96 Å². The van der Waals surface area contributed by atoms with Gasteiger partial charge in [-0.05, 0) is 5.92 Å². The van der Waals surface area contributed by atoms with Crippen LogP contribution in [0, 0.1) is 5.92 Å². The summed E-state index contributed by atoms with van der Waals surface area (Å²) in [4.78, 5) is 6.75. The van der Waals surface area contributed by atoms with E-state index in [2.05, 4.69) is 49.1 Å². The summed E-state index contributed by atoms with van der Waals surface area (Å²) in [5.74, 6) is 2.42. The Balaban J connectivity index is 1.64. The van der Waals surface area contributed by atoms with Crippen LogP contribution in [0.15, 0.2) is 11.3 Å². The molecule has 1 atom stereocenters. The lowest BCUT2D eigenvalue weighted by Gasteiger charge is -2.29. The van der Waals surface area contributed by atoms with Crippen LogP contribution in [0.25, 0.3) is 0 Å². The molecule has 1 aromatic heterocycles. The minimum absolute atomic E-state index is 0.561. The van der Waals surface area contributed by atoms with E-state index in [1.165, 1.54) is 0 Å². The van der Waals surface area contributed by atoms with E-state index in [4.69, 9.17) is 4.74 Å². The van der Waals surface area contributed by atoms with Gasteiger partial charge in [0, 0.05) is 52.7 Å². The van der Waals surface area contributed by atoms with E-state index in [0.717, 1.165) is 70.7 Å². The maximum atomic E-state index is 5.39. The number of guanidine groups is 1. The van der Waals surface area contributed by atoms with Crippen LogP contribution in [0.5, 0.6) is 0 Å². The molecule has 1 aliphatic rings. The molecule has 136 valence electrons. The first kappa shape index (κ1) is 18.7. The molecule has 1 saturated heterocycles. The van der Waals surface area contributed by atoms with Crippen LogP contribution < -0.4 is 10.6 Å². The number of rotatable bonds is 8. The van der Waals surface area contributed by atoms with Gasteiger partial charge in [-0.2, -0.15) is 0 Å². The first-order chi connectivity index (χ1) is 11.7. The first-order valence-corrected chi connectivity index (χ1v) is 8.84. The summed E-state index contributed by atoms with van der Waals surface area (Å²) in [6, 6.07) is 0. The van der Waals surface area contributed by atoms with Crippen molar-refractivity contribution in [2.75, 3.05) is 53.0 Å². The summed E-state index contributed by atoms with van der Waals surface area (Å²) in [6.07, 6.45) is 2.67. The van der Waals surface area contributed by atoms with E-state index in [0.29, 0.717) is 5.92 Å². The number of aryl methyl sites for hydroxylation is 1. The Morgan fingerprint density at radius 3 is 2.88 bits per heavy atom. The van der Waals surface area contributed by atoms with Crippen LogP contribution in [-0.2, 0) is 17.7 Å². The van der Waals surface area contributed by atoms with Gasteiger partial charge in [-0.25, -0.2) is 0 Å². The third-order valence-electron chi connectivity index (χ3n) is 4.17. The standard InChI is InChI=1S/C16H31N7O/c1-4-15-21-20-13-23(15)6-5-18-16(17-3)19-11-14(2)12-22-7-9-24-10-8-22/h13-14H,4-12H2,1-3H3,(H2,17,18,19). The van der Waals surface area contributed by atoms with E-state index >= 15 is 0 Å². The molecular weight excluding hydrogens is 306 g/mol. The average molecular weight is 337 g/mol. The molecule has 1 unspecified atom stereocenters. The lowest BCUT2D eigenvalue weighted by molar-refractivity contribution is 0.0320. The van der Waals surface area contributed by atoms with Crippen LogP contribution in [0.2, 0.25) is 0 Å². The van der Waals surface area contributed by atoms with Gasteiger partial charge in [0.1, 0.15) is 12.2 Å². The Bertz CT molecular complexity index is 496. The van der Waals surface area contributed by atoms with E-state index in [1.54, 1.807) is 13.4 Å². The molecule has 0 amide bonds. The summed E-state index contributed by atoms with van der Waals surface area (Å²) in [5, 5.41) is 14.8. The highest BCUT2D eigenvalue weighted by Gasteiger charge is 2.13. The second-order valence-corrected chi connectivity index (χ2v) is 6.19. The monoisotopic (exact) mass is 337 g/mol. The molecule has 0 radical (unpaired) electrons. The number of hydrogen-bond donors (Lipinski definition) is 2. The normalized spacial score (nSPS) is 17.7. The highest BCUT2D eigenvalue weighted by molar-refractivity contribution is 5.79. The molecule has 24 heavy (non-hydrogen) atoms. The minimum Gasteiger partial charge on any atom is -0.379 e. The van der Waals surface area contributed by atoms with Crippen molar-refractivity contribution in [3.63, 3.8) is 0 Å². The predicted octanol–water partition coefficient (Wildman–Crippen LogP) is -0.0262. The molecule has 1 aromatic rings. The molecule has 0 saturated carbocycles. The van der Waals surface area contributed by atoms with Crippen LogP contribution in [0.1, 0.15) is 19.7 Å². The van der Waals surface area contributed by atoms with Crippen molar-refractivity contribution >= 4 is 5.96 Å². The Labute approximate surface area is 144 Å². The molecule has 8 heteroatoms. The van der Waals surface area contributed by atoms with E-state index in [1.807, 2.05) is 0 Å². The van der Waals surface area contributed by atoms with Crippen LogP contribution in [-0.4, -0.2) is 78.6 Å². The lowest BCUT2D eigenvalue weighted by Crippen LogP contribution is -2.44. The lowest BCUT2D eigenvalue weighted by atomic mass is 10.1. The molecule has 0 bridgehead atoms. The average Bonchev–Trinajstić information content (AvgIpc) is 3.06. The molecule has 0 spiro atoms. The Morgan fingerprint density at radius 2 is 2.17 bits per heavy atom. The highest BCUT2D eigenvalue weighted by Crippen LogP contribution is 2.02. The van der Waals surface area contributed by atoms with Crippen molar-refractivity contribution in [3.8, 4) is 0 Å². The second-order valence-electron chi connectivity index (χ2n) is 6.19. The summed E-state index contributed by atoms with van der Waals surface area (Å²) in [7, 11) is 1.80. The third kappa shape index (κ3) is 6.09. The molecule has 2 heterocycles. The largest absolute Gasteiger partial charge is 0.379 e. The van der Waals surface area contributed by atoms with Gasteiger partial charge in [-0.1, -0.05) is 13.8 Å². The predicted molar refractivity (Wildman–Crippen MR) is 95.2 cm³/mol. The van der Waals surface area contributed by atoms with Gasteiger partial charge in [-0.15, -0.1) is 10.2 Å². The van der Waals surface area contributed by atoms with Gasteiger partial charge in [-0.3, -0.25) is 9.89 Å². The SMILES string of the molecule is CCc1nncn1CCNC(=NC)NCC(C)CN1CCOCC1. The van der Waals surface area contributed by atoms with Gasteiger partial charge in [0.2, 0.25) is 0 Å². The number of aliphatic imine (C=N–C) groups is 1. The van der Waals surface area contributed by atoms with Crippen molar-refractivity contribution in [3.05, 3.63) is 12.2 Å². The summed E-state index contributed by atoms with van der Waals surface area (Å²) in [6.45, 7) is 11.8. The number of nitrogens with zero attached hydrogens (tertiary/aromatic N) is 5. The molecule has 1 aliphatic heterocycles. The zero-order valence-corrected chi connectivity index (χ0v) is 15.2. The summed E-state index contributed by atoms with van der Waals surface area (Å²) in [5.41, 5.74) is 0. The molecule has 0 aromatic carbocycles. The number of hydrogen-bond acceptors (Lipinski definition) is 5. The zero-order chi connectivity index (χ0) is 17.2. The van der Waals surface area contributed by atoms with Crippen LogP contribution >= 0.6 is 0 Å². The van der Waals surface area contributed by atoms with Crippen molar-refractivity contribution in [2.45, 2.75) is 26.8 Å². The molecule has 0 aliphatic carbocycles. The molecule has 2 rings (SSSR count).